The lowest BCUT2D eigenvalue weighted by molar-refractivity contribution is 0.102. The van der Waals surface area contributed by atoms with Crippen molar-refractivity contribution in [3.8, 4) is 0 Å². The molecule has 0 spiro atoms. The molecule has 2 N–H and O–H groups in total. The number of hydrogen-bond acceptors (Lipinski definition) is 4. The predicted octanol–water partition coefficient (Wildman–Crippen LogP) is 1.32. The minimum atomic E-state index is -0.505. The van der Waals surface area contributed by atoms with Crippen LogP contribution >= 0.6 is 11.6 Å². The van der Waals surface area contributed by atoms with E-state index in [1.165, 1.54) is 16.8 Å². The van der Waals surface area contributed by atoms with Crippen LogP contribution in [0, 0.1) is 0 Å². The van der Waals surface area contributed by atoms with Gasteiger partial charge in [0.15, 0.2) is 11.3 Å². The molecule has 3 aromatic rings. The van der Waals surface area contributed by atoms with Gasteiger partial charge in [-0.3, -0.25) is 9.59 Å². The van der Waals surface area contributed by atoms with Gasteiger partial charge < -0.3 is 5.32 Å². The summed E-state index contributed by atoms with van der Waals surface area (Å²) in [4.78, 5) is 27.1. The first-order valence-electron chi connectivity index (χ1n) is 5.65. The first kappa shape index (κ1) is 12.4. The second-order valence-corrected chi connectivity index (χ2v) is 4.36. The minimum absolute atomic E-state index is 0.0163. The van der Waals surface area contributed by atoms with Crippen molar-refractivity contribution >= 4 is 28.8 Å². The fraction of sp³-hybridized carbons (Fsp3) is 0. The first-order valence-corrected chi connectivity index (χ1v) is 6.02. The van der Waals surface area contributed by atoms with Crippen molar-refractivity contribution in [2.24, 2.45) is 0 Å². The number of amides is 1. The van der Waals surface area contributed by atoms with Crippen LogP contribution in [0.5, 0.6) is 0 Å². The molecular weight excluding hydrogens is 282 g/mol. The van der Waals surface area contributed by atoms with Gasteiger partial charge in [0.2, 0.25) is 0 Å². The molecule has 7 nitrogen and oxygen atoms in total. The van der Waals surface area contributed by atoms with E-state index < -0.39 is 11.5 Å². The van der Waals surface area contributed by atoms with Crippen molar-refractivity contribution in [3.05, 3.63) is 57.6 Å². The van der Waals surface area contributed by atoms with Gasteiger partial charge in [0.1, 0.15) is 0 Å². The van der Waals surface area contributed by atoms with Gasteiger partial charge in [-0.1, -0.05) is 23.7 Å². The maximum absolute atomic E-state index is 12.1. The molecule has 0 radical (unpaired) electrons. The smallest absolute Gasteiger partial charge is 0.280 e. The maximum atomic E-state index is 12.1. The molecule has 2 heterocycles. The molecule has 0 aliphatic rings. The van der Waals surface area contributed by atoms with Crippen molar-refractivity contribution in [3.63, 3.8) is 0 Å². The number of nitrogens with zero attached hydrogens (tertiary/aromatic N) is 3. The number of fused-ring (bicyclic) bond motifs is 1. The van der Waals surface area contributed by atoms with E-state index in [1.54, 1.807) is 24.3 Å². The molecule has 8 heteroatoms. The van der Waals surface area contributed by atoms with E-state index >= 15 is 0 Å². The molecule has 0 bridgehead atoms. The van der Waals surface area contributed by atoms with Crippen molar-refractivity contribution < 1.29 is 4.79 Å². The Morgan fingerprint density at radius 2 is 2.10 bits per heavy atom. The van der Waals surface area contributed by atoms with E-state index in [-0.39, 0.29) is 11.3 Å². The van der Waals surface area contributed by atoms with Crippen LogP contribution < -0.4 is 10.9 Å². The van der Waals surface area contributed by atoms with Crippen LogP contribution in [0.1, 0.15) is 10.5 Å². The molecule has 0 aliphatic heterocycles. The lowest BCUT2D eigenvalue weighted by Gasteiger charge is -2.04. The number of rotatable bonds is 2. The molecular formula is C12H8ClN5O2. The minimum Gasteiger partial charge on any atom is -0.319 e. The molecule has 1 aromatic carbocycles. The number of anilines is 1. The number of nitrogens with one attached hydrogen (secondary N) is 2. The lowest BCUT2D eigenvalue weighted by Crippen LogP contribution is -2.15. The third-order valence-corrected chi connectivity index (χ3v) is 2.96. The maximum Gasteiger partial charge on any atom is 0.280 e. The fourth-order valence-corrected chi connectivity index (χ4v) is 1.89. The summed E-state index contributed by atoms with van der Waals surface area (Å²) in [6.45, 7) is 0. The van der Waals surface area contributed by atoms with Gasteiger partial charge in [-0.25, -0.2) is 9.73 Å². The van der Waals surface area contributed by atoms with Gasteiger partial charge in [-0.2, -0.15) is 4.98 Å². The zero-order valence-electron chi connectivity index (χ0n) is 10.0. The van der Waals surface area contributed by atoms with E-state index in [9.17, 15) is 9.59 Å². The average Bonchev–Trinajstić information content (AvgIpc) is 2.84. The number of benzene rings is 1. The Kier molecular flexibility index (Phi) is 2.96. The summed E-state index contributed by atoms with van der Waals surface area (Å²) in [7, 11) is 0. The number of aromatic amines is 1. The van der Waals surface area contributed by atoms with Crippen LogP contribution in [0.25, 0.3) is 5.65 Å². The topological polar surface area (TPSA) is 92.1 Å². The molecule has 1 amide bonds. The Hall–Kier alpha value is -2.67. The average molecular weight is 290 g/mol. The second kappa shape index (κ2) is 4.78. The Morgan fingerprint density at radius 3 is 2.90 bits per heavy atom. The molecule has 0 atom stereocenters. The summed E-state index contributed by atoms with van der Waals surface area (Å²) in [5, 5.41) is 9.44. The molecule has 2 aromatic heterocycles. The number of para-hydroxylation sites is 1. The van der Waals surface area contributed by atoms with Crippen LogP contribution in [0.4, 0.5) is 5.69 Å². The third kappa shape index (κ3) is 2.14. The lowest BCUT2D eigenvalue weighted by atomic mass is 10.3. The zero-order chi connectivity index (χ0) is 14.1. The summed E-state index contributed by atoms with van der Waals surface area (Å²) in [5.74, 6) is -0.505. The highest BCUT2D eigenvalue weighted by Gasteiger charge is 2.16. The number of H-pyrrole nitrogens is 1. The van der Waals surface area contributed by atoms with Gasteiger partial charge >= 0.3 is 0 Å². The molecule has 3 rings (SSSR count). The normalized spacial score (nSPS) is 10.7. The van der Waals surface area contributed by atoms with Gasteiger partial charge in [0.05, 0.1) is 10.7 Å². The van der Waals surface area contributed by atoms with Crippen molar-refractivity contribution in [1.82, 2.24) is 19.8 Å². The molecule has 20 heavy (non-hydrogen) atoms. The van der Waals surface area contributed by atoms with E-state index in [4.69, 9.17) is 11.6 Å². The number of hydrogen-bond donors (Lipinski definition) is 2. The van der Waals surface area contributed by atoms with Crippen LogP contribution in [-0.2, 0) is 0 Å². The van der Waals surface area contributed by atoms with Crippen molar-refractivity contribution in [2.75, 3.05) is 5.32 Å². The Labute approximate surface area is 117 Å². The number of carbonyl (C=O) groups excluding carboxylic acids is 1. The molecule has 0 saturated carbocycles. The van der Waals surface area contributed by atoms with Crippen molar-refractivity contribution in [2.45, 2.75) is 0 Å². The van der Waals surface area contributed by atoms with Crippen LogP contribution in [0.3, 0.4) is 0 Å². The third-order valence-electron chi connectivity index (χ3n) is 2.63. The highest BCUT2D eigenvalue weighted by molar-refractivity contribution is 6.33. The van der Waals surface area contributed by atoms with E-state index in [0.29, 0.717) is 10.7 Å². The SMILES string of the molecule is O=C(Nc1ccccc1Cl)c1n[nH]n2ccc(=O)nc12. The van der Waals surface area contributed by atoms with E-state index in [2.05, 4.69) is 20.6 Å². The predicted molar refractivity (Wildman–Crippen MR) is 73.0 cm³/mol. The molecule has 0 saturated heterocycles. The van der Waals surface area contributed by atoms with Gasteiger partial charge in [-0.15, -0.1) is 5.10 Å². The Balaban J connectivity index is 1.99. The first-order chi connectivity index (χ1) is 9.65. The number of carbonyl (C=O) groups is 1. The van der Waals surface area contributed by atoms with Crippen LogP contribution in [0.15, 0.2) is 41.3 Å². The van der Waals surface area contributed by atoms with Gasteiger partial charge in [-0.05, 0) is 12.1 Å². The highest BCUT2D eigenvalue weighted by atomic mass is 35.5. The summed E-state index contributed by atoms with van der Waals surface area (Å²) in [6.07, 6.45) is 1.45. The quantitative estimate of drug-likeness (QED) is 0.744. The second-order valence-electron chi connectivity index (χ2n) is 3.95. The number of aromatic nitrogens is 4. The molecule has 0 fully saturated rings. The van der Waals surface area contributed by atoms with Crippen molar-refractivity contribution in [1.29, 1.82) is 0 Å². The van der Waals surface area contributed by atoms with E-state index in [1.807, 2.05) is 0 Å². The highest BCUT2D eigenvalue weighted by Crippen LogP contribution is 2.21. The standard InChI is InChI=1S/C12H8ClN5O2/c13-7-3-1-2-4-8(7)14-12(20)10-11-15-9(19)5-6-18(11)17-16-10/h1-6,17H,(H,14,20). The summed E-state index contributed by atoms with van der Waals surface area (Å²) >= 11 is 5.96. The van der Waals surface area contributed by atoms with Crippen LogP contribution in [0.2, 0.25) is 5.02 Å². The van der Waals surface area contributed by atoms with E-state index in [0.717, 1.165) is 0 Å². The zero-order valence-corrected chi connectivity index (χ0v) is 10.8. The summed E-state index contributed by atoms with van der Waals surface area (Å²) in [5.41, 5.74) is 0.182. The molecule has 0 unspecified atom stereocenters. The molecule has 100 valence electrons. The van der Waals surface area contributed by atoms with Gasteiger partial charge in [0, 0.05) is 12.3 Å². The number of halogens is 1. The van der Waals surface area contributed by atoms with Crippen LogP contribution in [-0.4, -0.2) is 25.7 Å². The molecule has 0 aliphatic carbocycles. The summed E-state index contributed by atoms with van der Waals surface area (Å²) < 4.78 is 1.38. The Bertz CT molecular complexity index is 854. The van der Waals surface area contributed by atoms with Gasteiger partial charge in [0.25, 0.3) is 11.5 Å². The fourth-order valence-electron chi connectivity index (χ4n) is 1.70. The Morgan fingerprint density at radius 1 is 1.30 bits per heavy atom. The monoisotopic (exact) mass is 289 g/mol. The largest absolute Gasteiger partial charge is 0.319 e. The summed E-state index contributed by atoms with van der Waals surface area (Å²) in [6, 6.07) is 8.08.